The molecule has 3 aromatic rings. The fourth-order valence-electron chi connectivity index (χ4n) is 3.30. The Balaban J connectivity index is 1.76. The highest BCUT2D eigenvalue weighted by Crippen LogP contribution is 2.40. The van der Waals surface area contributed by atoms with Crippen LogP contribution < -0.4 is 0 Å². The van der Waals surface area contributed by atoms with Gasteiger partial charge in [-0.15, -0.1) is 10.2 Å². The van der Waals surface area contributed by atoms with Gasteiger partial charge in [-0.25, -0.2) is 4.98 Å². The van der Waals surface area contributed by atoms with E-state index in [4.69, 9.17) is 22.4 Å². The van der Waals surface area contributed by atoms with Gasteiger partial charge in [0.05, 0.1) is 22.8 Å². The van der Waals surface area contributed by atoms with E-state index >= 15 is 0 Å². The third-order valence-corrected chi connectivity index (χ3v) is 5.09. The normalized spacial score (nSPS) is 16.5. The molecule has 30 heavy (non-hydrogen) atoms. The molecule has 0 aliphatic carbocycles. The number of halogens is 4. The smallest absolute Gasteiger partial charge is 0.305 e. The molecule has 0 amide bonds. The highest BCUT2D eigenvalue weighted by molar-refractivity contribution is 6.34. The molecule has 1 aliphatic rings. The van der Waals surface area contributed by atoms with E-state index in [-0.39, 0.29) is 47.2 Å². The van der Waals surface area contributed by atoms with Crippen LogP contribution in [0.5, 0.6) is 0 Å². The molecule has 1 unspecified atom stereocenters. The number of amidine groups is 2. The van der Waals surface area contributed by atoms with Crippen molar-refractivity contribution >= 4 is 23.3 Å². The average molecular weight is 435 g/mol. The minimum Gasteiger partial charge on any atom is -0.305 e. The Morgan fingerprint density at radius 3 is 2.60 bits per heavy atom. The monoisotopic (exact) mass is 434 g/mol. The Hall–Kier alpha value is -3.34. The zero-order chi connectivity index (χ0) is 21.6. The van der Waals surface area contributed by atoms with Crippen molar-refractivity contribution in [2.75, 3.05) is 6.54 Å². The van der Waals surface area contributed by atoms with Gasteiger partial charge in [0.2, 0.25) is 0 Å². The lowest BCUT2D eigenvalue weighted by atomic mass is 10.1. The SMILES string of the molecule is CC1CN(C(=N)c2cnccn2)C(=N)c2nnc(-c3cccc(C(F)(F)F)c3Cl)n21. The second-order valence-corrected chi connectivity index (χ2v) is 7.01. The first-order chi connectivity index (χ1) is 14.2. The van der Waals surface area contributed by atoms with Gasteiger partial charge in [-0.1, -0.05) is 17.7 Å². The summed E-state index contributed by atoms with van der Waals surface area (Å²) in [5.41, 5.74) is -0.616. The van der Waals surface area contributed by atoms with Gasteiger partial charge in [0.25, 0.3) is 0 Å². The lowest BCUT2D eigenvalue weighted by Gasteiger charge is -2.34. The predicted octanol–water partition coefficient (Wildman–Crippen LogP) is 3.63. The highest BCUT2D eigenvalue weighted by Gasteiger charge is 2.37. The van der Waals surface area contributed by atoms with Gasteiger partial charge in [0, 0.05) is 24.5 Å². The number of nitrogens with one attached hydrogen (secondary N) is 2. The molecular formula is C18H14ClF3N8. The molecule has 12 heteroatoms. The number of nitrogens with zero attached hydrogens (tertiary/aromatic N) is 6. The van der Waals surface area contributed by atoms with Crippen molar-refractivity contribution in [3.05, 3.63) is 58.9 Å². The minimum atomic E-state index is -4.61. The molecule has 2 N–H and O–H groups in total. The summed E-state index contributed by atoms with van der Waals surface area (Å²) < 4.78 is 41.3. The summed E-state index contributed by atoms with van der Waals surface area (Å²) in [5, 5.41) is 24.4. The van der Waals surface area contributed by atoms with Crippen LogP contribution in [-0.4, -0.2) is 47.8 Å². The molecular weight excluding hydrogens is 421 g/mol. The van der Waals surface area contributed by atoms with Gasteiger partial charge in [-0.05, 0) is 19.1 Å². The third kappa shape index (κ3) is 3.20. The van der Waals surface area contributed by atoms with Gasteiger partial charge < -0.3 is 4.90 Å². The van der Waals surface area contributed by atoms with E-state index < -0.39 is 16.8 Å². The summed E-state index contributed by atoms with van der Waals surface area (Å²) in [7, 11) is 0. The largest absolute Gasteiger partial charge is 0.417 e. The van der Waals surface area contributed by atoms with Crippen molar-refractivity contribution in [2.45, 2.75) is 19.1 Å². The molecule has 0 saturated heterocycles. The number of benzene rings is 1. The molecule has 0 bridgehead atoms. The molecule has 1 aliphatic heterocycles. The summed E-state index contributed by atoms with van der Waals surface area (Å²) in [5.74, 6) is 0.0911. The Bertz CT molecular complexity index is 1140. The fraction of sp³-hybridized carbons (Fsp3) is 0.222. The Morgan fingerprint density at radius 2 is 1.93 bits per heavy atom. The number of aromatic nitrogens is 5. The van der Waals surface area contributed by atoms with Crippen molar-refractivity contribution in [1.82, 2.24) is 29.6 Å². The van der Waals surface area contributed by atoms with Crippen LogP contribution in [0.2, 0.25) is 5.02 Å². The molecule has 2 aromatic heterocycles. The summed E-state index contributed by atoms with van der Waals surface area (Å²) >= 11 is 6.06. The zero-order valence-corrected chi connectivity index (χ0v) is 16.2. The quantitative estimate of drug-likeness (QED) is 0.473. The molecule has 1 aromatic carbocycles. The van der Waals surface area contributed by atoms with Crippen molar-refractivity contribution in [1.29, 1.82) is 10.8 Å². The van der Waals surface area contributed by atoms with Gasteiger partial charge in [0.15, 0.2) is 23.3 Å². The predicted molar refractivity (Wildman–Crippen MR) is 103 cm³/mol. The van der Waals surface area contributed by atoms with Gasteiger partial charge in [-0.3, -0.25) is 20.4 Å². The van der Waals surface area contributed by atoms with Crippen molar-refractivity contribution in [3.8, 4) is 11.4 Å². The second kappa shape index (κ2) is 7.17. The van der Waals surface area contributed by atoms with Crippen LogP contribution in [0.25, 0.3) is 11.4 Å². The van der Waals surface area contributed by atoms with Crippen LogP contribution in [0.15, 0.2) is 36.8 Å². The number of alkyl halides is 3. The number of rotatable bonds is 2. The zero-order valence-electron chi connectivity index (χ0n) is 15.4. The summed E-state index contributed by atoms with van der Waals surface area (Å²) in [6.07, 6.45) is -0.286. The maximum absolute atomic E-state index is 13.2. The van der Waals surface area contributed by atoms with Gasteiger partial charge in [0.1, 0.15) is 5.69 Å². The topological polar surface area (TPSA) is 107 Å². The van der Waals surface area contributed by atoms with Crippen LogP contribution in [0, 0.1) is 10.8 Å². The van der Waals surface area contributed by atoms with E-state index in [1.165, 1.54) is 35.6 Å². The highest BCUT2D eigenvalue weighted by atomic mass is 35.5. The maximum Gasteiger partial charge on any atom is 0.417 e. The maximum atomic E-state index is 13.2. The van der Waals surface area contributed by atoms with E-state index in [1.54, 1.807) is 11.5 Å². The van der Waals surface area contributed by atoms with Crippen LogP contribution in [0.1, 0.15) is 30.0 Å². The number of hydrogen-bond acceptors (Lipinski definition) is 6. The summed E-state index contributed by atoms with van der Waals surface area (Å²) in [4.78, 5) is 9.40. The van der Waals surface area contributed by atoms with E-state index in [2.05, 4.69) is 20.2 Å². The summed E-state index contributed by atoms with van der Waals surface area (Å²) in [6.45, 7) is 1.99. The lowest BCUT2D eigenvalue weighted by Crippen LogP contribution is -2.46. The van der Waals surface area contributed by atoms with E-state index in [9.17, 15) is 13.2 Å². The molecule has 4 rings (SSSR count). The van der Waals surface area contributed by atoms with Crippen LogP contribution in [0.3, 0.4) is 0 Å². The first kappa shape index (κ1) is 20.0. The molecule has 3 heterocycles. The van der Waals surface area contributed by atoms with E-state index in [0.29, 0.717) is 0 Å². The number of fused-ring (bicyclic) bond motifs is 1. The van der Waals surface area contributed by atoms with E-state index in [1.807, 2.05) is 0 Å². The average Bonchev–Trinajstić information content (AvgIpc) is 3.16. The standard InChI is InChI=1S/C18H14ClF3N8/c1-9-8-29(14(23)12-7-25-5-6-26-12)15(24)17-28-27-16(30(9)17)10-3-2-4-11(13(10)19)18(20,21)22/h2-7,9,23-24H,8H2,1H3. The Labute approximate surface area is 173 Å². The molecule has 1 atom stereocenters. The van der Waals surface area contributed by atoms with Crippen LogP contribution in [-0.2, 0) is 6.18 Å². The van der Waals surface area contributed by atoms with Crippen molar-refractivity contribution in [2.24, 2.45) is 0 Å². The van der Waals surface area contributed by atoms with E-state index in [0.717, 1.165) is 6.07 Å². The van der Waals surface area contributed by atoms with Gasteiger partial charge in [-0.2, -0.15) is 13.2 Å². The first-order valence-electron chi connectivity index (χ1n) is 8.72. The Morgan fingerprint density at radius 1 is 1.20 bits per heavy atom. The summed E-state index contributed by atoms with van der Waals surface area (Å²) in [6, 6.07) is 3.22. The fourth-order valence-corrected chi connectivity index (χ4v) is 3.62. The minimum absolute atomic E-state index is 0.0344. The van der Waals surface area contributed by atoms with Crippen LogP contribution >= 0.6 is 11.6 Å². The molecule has 154 valence electrons. The van der Waals surface area contributed by atoms with Gasteiger partial charge >= 0.3 is 6.18 Å². The van der Waals surface area contributed by atoms with Crippen molar-refractivity contribution in [3.63, 3.8) is 0 Å². The lowest BCUT2D eigenvalue weighted by molar-refractivity contribution is -0.137. The molecule has 0 radical (unpaired) electrons. The molecule has 8 nitrogen and oxygen atoms in total. The Kier molecular flexibility index (Phi) is 4.77. The first-order valence-corrected chi connectivity index (χ1v) is 9.10. The second-order valence-electron chi connectivity index (χ2n) is 6.63. The molecule has 0 fully saturated rings. The molecule has 0 saturated carbocycles. The van der Waals surface area contributed by atoms with Crippen LogP contribution in [0.4, 0.5) is 13.2 Å². The van der Waals surface area contributed by atoms with Crippen molar-refractivity contribution < 1.29 is 13.2 Å². The molecule has 0 spiro atoms. The third-order valence-electron chi connectivity index (χ3n) is 4.69. The number of hydrogen-bond donors (Lipinski definition) is 2.